The molecular formula is C18H19Cl2F. The number of aryl methyl sites for hydroxylation is 1. The van der Waals surface area contributed by atoms with Crippen molar-refractivity contribution in [3.05, 3.63) is 69.5 Å². The Morgan fingerprint density at radius 1 is 1.05 bits per heavy atom. The Kier molecular flexibility index (Phi) is 4.65. The Morgan fingerprint density at radius 3 is 2.14 bits per heavy atom. The predicted octanol–water partition coefficient (Wildman–Crippen LogP) is 6.41. The van der Waals surface area contributed by atoms with E-state index in [1.165, 1.54) is 11.6 Å². The molecule has 2 aromatic rings. The maximum atomic E-state index is 13.5. The van der Waals surface area contributed by atoms with Crippen LogP contribution in [-0.4, -0.2) is 0 Å². The second-order valence-electron chi connectivity index (χ2n) is 6.36. The molecule has 0 aliphatic carbocycles. The summed E-state index contributed by atoms with van der Waals surface area (Å²) >= 11 is 12.6. The Hall–Kier alpha value is -1.05. The molecule has 0 aliphatic heterocycles. The van der Waals surface area contributed by atoms with Crippen molar-refractivity contribution in [3.8, 4) is 0 Å². The summed E-state index contributed by atoms with van der Waals surface area (Å²) < 4.78 is 13.5. The second kappa shape index (κ2) is 5.98. The highest BCUT2D eigenvalue weighted by atomic mass is 35.5. The molecule has 0 heterocycles. The molecule has 0 N–H and O–H groups in total. The lowest BCUT2D eigenvalue weighted by molar-refractivity contribution is 0.590. The first kappa shape index (κ1) is 16.3. The molecule has 0 saturated heterocycles. The molecule has 3 heteroatoms. The van der Waals surface area contributed by atoms with Crippen LogP contribution < -0.4 is 0 Å². The van der Waals surface area contributed by atoms with Crippen molar-refractivity contribution < 1.29 is 4.39 Å². The molecule has 2 aromatic carbocycles. The first-order valence-electron chi connectivity index (χ1n) is 6.90. The first-order valence-corrected chi connectivity index (χ1v) is 7.71. The Balaban J connectivity index is 2.36. The molecule has 0 bridgehead atoms. The number of hydrogen-bond acceptors (Lipinski definition) is 0. The van der Waals surface area contributed by atoms with E-state index >= 15 is 0 Å². The lowest BCUT2D eigenvalue weighted by Gasteiger charge is -2.20. The maximum absolute atomic E-state index is 13.5. The summed E-state index contributed by atoms with van der Waals surface area (Å²) in [4.78, 5) is 0. The van der Waals surface area contributed by atoms with Crippen molar-refractivity contribution >= 4 is 23.2 Å². The topological polar surface area (TPSA) is 0 Å². The molecule has 0 radical (unpaired) electrons. The molecule has 1 atom stereocenters. The number of alkyl halides is 1. The molecule has 0 amide bonds. The van der Waals surface area contributed by atoms with Gasteiger partial charge in [-0.1, -0.05) is 56.6 Å². The quantitative estimate of drug-likeness (QED) is 0.559. The summed E-state index contributed by atoms with van der Waals surface area (Å²) in [6, 6.07) is 11.2. The summed E-state index contributed by atoms with van der Waals surface area (Å²) in [5, 5.41) is -0.0242. The van der Waals surface area contributed by atoms with E-state index in [2.05, 4.69) is 32.9 Å². The number of benzene rings is 2. The predicted molar refractivity (Wildman–Crippen MR) is 89.0 cm³/mol. The Bertz CT molecular complexity index is 640. The van der Waals surface area contributed by atoms with Gasteiger partial charge in [-0.15, -0.1) is 11.6 Å². The minimum Gasteiger partial charge on any atom is -0.207 e. The van der Waals surface area contributed by atoms with E-state index < -0.39 is 0 Å². The third-order valence-electron chi connectivity index (χ3n) is 3.62. The normalized spacial score (nSPS) is 13.3. The number of hydrogen-bond donors (Lipinski definition) is 0. The van der Waals surface area contributed by atoms with Crippen molar-refractivity contribution in [2.24, 2.45) is 0 Å². The molecule has 0 aliphatic rings. The van der Waals surface area contributed by atoms with Crippen molar-refractivity contribution in [2.75, 3.05) is 0 Å². The summed E-state index contributed by atoms with van der Waals surface area (Å²) in [5.41, 5.74) is 3.59. The largest absolute Gasteiger partial charge is 0.207 e. The van der Waals surface area contributed by atoms with E-state index in [0.29, 0.717) is 10.6 Å². The lowest BCUT2D eigenvalue weighted by atomic mass is 9.86. The third-order valence-corrected chi connectivity index (χ3v) is 4.43. The minimum atomic E-state index is -0.384. The van der Waals surface area contributed by atoms with E-state index in [-0.39, 0.29) is 16.6 Å². The molecule has 2 rings (SSSR count). The van der Waals surface area contributed by atoms with Crippen LogP contribution in [0.5, 0.6) is 0 Å². The first-order chi connectivity index (χ1) is 9.70. The van der Waals surface area contributed by atoms with E-state index in [1.807, 2.05) is 12.1 Å². The van der Waals surface area contributed by atoms with E-state index in [1.54, 1.807) is 13.0 Å². The average molecular weight is 325 g/mol. The summed E-state index contributed by atoms with van der Waals surface area (Å²) in [6.45, 7) is 8.21. The molecule has 1 unspecified atom stereocenters. The van der Waals surface area contributed by atoms with Crippen LogP contribution in [0.15, 0.2) is 36.4 Å². The lowest BCUT2D eigenvalue weighted by Crippen LogP contribution is -2.10. The van der Waals surface area contributed by atoms with Gasteiger partial charge in [0, 0.05) is 5.02 Å². The summed E-state index contributed by atoms with van der Waals surface area (Å²) in [5.74, 6) is -0.310. The van der Waals surface area contributed by atoms with Gasteiger partial charge in [-0.05, 0) is 46.7 Å². The summed E-state index contributed by atoms with van der Waals surface area (Å²) in [6.07, 6.45) is 0. The molecule has 0 nitrogen and oxygen atoms in total. The van der Waals surface area contributed by atoms with Gasteiger partial charge in [-0.3, -0.25) is 0 Å². The van der Waals surface area contributed by atoms with E-state index in [4.69, 9.17) is 23.2 Å². The minimum absolute atomic E-state index is 0.102. The Morgan fingerprint density at radius 2 is 1.62 bits per heavy atom. The van der Waals surface area contributed by atoms with Gasteiger partial charge in [0.25, 0.3) is 0 Å². The van der Waals surface area contributed by atoms with Gasteiger partial charge >= 0.3 is 0 Å². The smallest absolute Gasteiger partial charge is 0.127 e. The highest BCUT2D eigenvalue weighted by Gasteiger charge is 2.18. The van der Waals surface area contributed by atoms with Crippen LogP contribution >= 0.6 is 23.2 Å². The van der Waals surface area contributed by atoms with Gasteiger partial charge in [0.05, 0.1) is 5.38 Å². The molecule has 0 aromatic heterocycles. The van der Waals surface area contributed by atoms with E-state index in [9.17, 15) is 4.39 Å². The van der Waals surface area contributed by atoms with Gasteiger partial charge in [0.1, 0.15) is 5.82 Å². The zero-order valence-electron chi connectivity index (χ0n) is 12.7. The van der Waals surface area contributed by atoms with Crippen molar-refractivity contribution in [1.82, 2.24) is 0 Å². The second-order valence-corrected chi connectivity index (χ2v) is 7.20. The Labute approximate surface area is 135 Å². The van der Waals surface area contributed by atoms with Crippen LogP contribution in [0, 0.1) is 12.7 Å². The van der Waals surface area contributed by atoms with E-state index in [0.717, 1.165) is 11.1 Å². The van der Waals surface area contributed by atoms with Gasteiger partial charge in [0.15, 0.2) is 0 Å². The summed E-state index contributed by atoms with van der Waals surface area (Å²) in [7, 11) is 0. The zero-order chi connectivity index (χ0) is 15.8. The molecule has 112 valence electrons. The van der Waals surface area contributed by atoms with Crippen LogP contribution in [0.25, 0.3) is 0 Å². The third kappa shape index (κ3) is 3.59. The van der Waals surface area contributed by atoms with Crippen LogP contribution in [-0.2, 0) is 5.41 Å². The van der Waals surface area contributed by atoms with Gasteiger partial charge < -0.3 is 0 Å². The van der Waals surface area contributed by atoms with Gasteiger partial charge in [0.2, 0.25) is 0 Å². The van der Waals surface area contributed by atoms with Gasteiger partial charge in [-0.2, -0.15) is 0 Å². The van der Waals surface area contributed by atoms with Crippen LogP contribution in [0.1, 0.15) is 48.4 Å². The molecule has 0 spiro atoms. The SMILES string of the molecule is Cc1cc(C(Cl)c2ccc(C(C)(C)C)cc2)c(Cl)cc1F. The maximum Gasteiger partial charge on any atom is 0.127 e. The fourth-order valence-corrected chi connectivity index (χ4v) is 2.85. The monoisotopic (exact) mass is 324 g/mol. The number of rotatable bonds is 2. The van der Waals surface area contributed by atoms with Crippen LogP contribution in [0.4, 0.5) is 4.39 Å². The molecule has 0 fully saturated rings. The average Bonchev–Trinajstić information content (AvgIpc) is 2.41. The van der Waals surface area contributed by atoms with Crippen molar-refractivity contribution in [1.29, 1.82) is 0 Å². The molecule has 0 saturated carbocycles. The van der Waals surface area contributed by atoms with Crippen LogP contribution in [0.3, 0.4) is 0 Å². The fraction of sp³-hybridized carbons (Fsp3) is 0.333. The highest BCUT2D eigenvalue weighted by molar-refractivity contribution is 6.33. The van der Waals surface area contributed by atoms with Gasteiger partial charge in [-0.25, -0.2) is 4.39 Å². The van der Waals surface area contributed by atoms with Crippen molar-refractivity contribution in [3.63, 3.8) is 0 Å². The highest BCUT2D eigenvalue weighted by Crippen LogP contribution is 2.35. The molecule has 21 heavy (non-hydrogen) atoms. The van der Waals surface area contributed by atoms with Crippen molar-refractivity contribution in [2.45, 2.75) is 38.5 Å². The molecular weight excluding hydrogens is 306 g/mol. The standard InChI is InChI=1S/C18H19Cl2F/c1-11-9-14(15(19)10-16(11)21)17(20)12-5-7-13(8-6-12)18(2,3)4/h5-10,17H,1-4H3. The van der Waals surface area contributed by atoms with Crippen LogP contribution in [0.2, 0.25) is 5.02 Å². The number of halogens is 3. The fourth-order valence-electron chi connectivity index (χ4n) is 2.21. The zero-order valence-corrected chi connectivity index (χ0v) is 14.2.